The molecule has 0 saturated carbocycles. The first-order valence-corrected chi connectivity index (χ1v) is 9.95. The van der Waals surface area contributed by atoms with Crippen LogP contribution in [0.5, 0.6) is 0 Å². The number of aliphatic carboxylic acids is 2. The van der Waals surface area contributed by atoms with Crippen LogP contribution in [0.3, 0.4) is 0 Å². The maximum atomic E-state index is 11.5. The number of rotatable bonds is 14. The van der Waals surface area contributed by atoms with Gasteiger partial charge < -0.3 is 10.2 Å². The summed E-state index contributed by atoms with van der Waals surface area (Å²) >= 11 is 0. The second kappa shape index (κ2) is 11.5. The fourth-order valence-electron chi connectivity index (χ4n) is 3.94. The summed E-state index contributed by atoms with van der Waals surface area (Å²) < 4.78 is 0. The van der Waals surface area contributed by atoms with Crippen molar-refractivity contribution in [3.63, 3.8) is 0 Å². The van der Waals surface area contributed by atoms with E-state index in [0.717, 1.165) is 51.4 Å². The number of carboxylic acids is 2. The lowest BCUT2D eigenvalue weighted by Crippen LogP contribution is -2.26. The summed E-state index contributed by atoms with van der Waals surface area (Å²) in [6.45, 7) is 12.5. The Bertz CT molecular complexity index is 403. The highest BCUT2D eigenvalue weighted by Gasteiger charge is 2.29. The highest BCUT2D eigenvalue weighted by atomic mass is 16.4. The van der Waals surface area contributed by atoms with Crippen molar-refractivity contribution in [2.45, 2.75) is 92.9 Å². The van der Waals surface area contributed by atoms with E-state index in [1.807, 2.05) is 0 Å². The van der Waals surface area contributed by atoms with Gasteiger partial charge in [-0.3, -0.25) is 9.59 Å². The van der Waals surface area contributed by atoms with Gasteiger partial charge in [0, 0.05) is 0 Å². The Balaban J connectivity index is 4.37. The lowest BCUT2D eigenvalue weighted by atomic mass is 9.74. The number of carboxylic acid groups (broad SMARTS) is 2. The van der Waals surface area contributed by atoms with Crippen molar-refractivity contribution < 1.29 is 19.8 Å². The fraction of sp³-hybridized carbons (Fsp3) is 0.905. The van der Waals surface area contributed by atoms with E-state index in [9.17, 15) is 14.7 Å². The molecule has 0 fully saturated rings. The first kappa shape index (κ1) is 23.9. The van der Waals surface area contributed by atoms with Crippen molar-refractivity contribution in [2.75, 3.05) is 0 Å². The largest absolute Gasteiger partial charge is 0.481 e. The van der Waals surface area contributed by atoms with Crippen LogP contribution in [0.1, 0.15) is 92.9 Å². The van der Waals surface area contributed by atoms with E-state index in [1.54, 1.807) is 6.92 Å². The third-order valence-corrected chi connectivity index (χ3v) is 5.48. The molecule has 4 nitrogen and oxygen atoms in total. The SMILES string of the molecule is CCCCC(C(=O)O)C(C)CC(C)(C)CCCC(C)CC(C)C(=O)O. The van der Waals surface area contributed by atoms with Gasteiger partial charge in [0.15, 0.2) is 0 Å². The Labute approximate surface area is 154 Å². The van der Waals surface area contributed by atoms with Crippen LogP contribution < -0.4 is 0 Å². The van der Waals surface area contributed by atoms with Gasteiger partial charge in [-0.1, -0.05) is 67.2 Å². The first-order chi connectivity index (χ1) is 11.5. The molecule has 2 N–H and O–H groups in total. The molecule has 0 heterocycles. The van der Waals surface area contributed by atoms with Crippen LogP contribution in [0.25, 0.3) is 0 Å². The summed E-state index contributed by atoms with van der Waals surface area (Å²) in [5.41, 5.74) is 0.122. The second-order valence-corrected chi connectivity index (χ2v) is 8.90. The van der Waals surface area contributed by atoms with E-state index in [0.29, 0.717) is 5.92 Å². The quantitative estimate of drug-likeness (QED) is 0.409. The van der Waals surface area contributed by atoms with Crippen LogP contribution in [-0.2, 0) is 9.59 Å². The summed E-state index contributed by atoms with van der Waals surface area (Å²) in [6, 6.07) is 0. The monoisotopic (exact) mass is 356 g/mol. The predicted molar refractivity (Wildman–Crippen MR) is 103 cm³/mol. The summed E-state index contributed by atoms with van der Waals surface area (Å²) in [4.78, 5) is 22.5. The standard InChI is InChI=1S/C21H40O4/c1-7-8-11-18(20(24)25)17(4)14-21(5,6)12-9-10-15(2)13-16(3)19(22)23/h15-18H,7-14H2,1-6H3,(H,22,23)(H,24,25). The highest BCUT2D eigenvalue weighted by Crippen LogP contribution is 2.36. The van der Waals surface area contributed by atoms with E-state index in [4.69, 9.17) is 5.11 Å². The Morgan fingerprint density at radius 2 is 1.56 bits per heavy atom. The second-order valence-electron chi connectivity index (χ2n) is 8.90. The van der Waals surface area contributed by atoms with Gasteiger partial charge in [-0.15, -0.1) is 0 Å². The molecular formula is C21H40O4. The first-order valence-electron chi connectivity index (χ1n) is 9.95. The number of carbonyl (C=O) groups is 2. The zero-order chi connectivity index (χ0) is 19.6. The minimum Gasteiger partial charge on any atom is -0.481 e. The van der Waals surface area contributed by atoms with E-state index in [-0.39, 0.29) is 23.2 Å². The molecule has 0 amide bonds. The summed E-state index contributed by atoms with van der Waals surface area (Å²) in [5, 5.41) is 18.5. The Kier molecular flexibility index (Phi) is 11.0. The molecule has 4 heteroatoms. The molecule has 0 aromatic heterocycles. The van der Waals surface area contributed by atoms with Crippen LogP contribution in [-0.4, -0.2) is 22.2 Å². The average Bonchev–Trinajstić information content (AvgIpc) is 2.46. The van der Waals surface area contributed by atoms with Crippen molar-refractivity contribution in [3.8, 4) is 0 Å². The van der Waals surface area contributed by atoms with Gasteiger partial charge in [0.1, 0.15) is 0 Å². The topological polar surface area (TPSA) is 74.6 Å². The molecule has 0 aliphatic rings. The van der Waals surface area contributed by atoms with Gasteiger partial charge in [0.05, 0.1) is 11.8 Å². The third-order valence-electron chi connectivity index (χ3n) is 5.48. The van der Waals surface area contributed by atoms with Gasteiger partial charge >= 0.3 is 11.9 Å². The lowest BCUT2D eigenvalue weighted by molar-refractivity contribution is -0.144. The molecule has 4 unspecified atom stereocenters. The number of unbranched alkanes of at least 4 members (excludes halogenated alkanes) is 1. The van der Waals surface area contributed by atoms with Crippen molar-refractivity contribution in [3.05, 3.63) is 0 Å². The molecule has 0 aromatic carbocycles. The minimum atomic E-state index is -0.715. The zero-order valence-electron chi connectivity index (χ0n) is 17.2. The maximum Gasteiger partial charge on any atom is 0.306 e. The van der Waals surface area contributed by atoms with Crippen molar-refractivity contribution in [2.24, 2.45) is 29.1 Å². The minimum absolute atomic E-state index is 0.122. The van der Waals surface area contributed by atoms with Crippen LogP contribution in [0.2, 0.25) is 0 Å². The Hall–Kier alpha value is -1.06. The van der Waals surface area contributed by atoms with Gasteiger partial charge in [0.2, 0.25) is 0 Å². The van der Waals surface area contributed by atoms with Crippen molar-refractivity contribution in [1.29, 1.82) is 0 Å². The van der Waals surface area contributed by atoms with E-state index in [1.165, 1.54) is 0 Å². The molecule has 0 spiro atoms. The van der Waals surface area contributed by atoms with Gasteiger partial charge in [-0.05, 0) is 42.9 Å². The van der Waals surface area contributed by atoms with E-state index in [2.05, 4.69) is 34.6 Å². The molecule has 148 valence electrons. The fourth-order valence-corrected chi connectivity index (χ4v) is 3.94. The number of hydrogen-bond donors (Lipinski definition) is 2. The molecule has 0 aliphatic carbocycles. The molecule has 25 heavy (non-hydrogen) atoms. The highest BCUT2D eigenvalue weighted by molar-refractivity contribution is 5.70. The molecule has 4 atom stereocenters. The predicted octanol–water partition coefficient (Wildman–Crippen LogP) is 5.85. The Morgan fingerprint density at radius 3 is 2.04 bits per heavy atom. The number of hydrogen-bond acceptors (Lipinski definition) is 2. The van der Waals surface area contributed by atoms with Crippen LogP contribution in [0, 0.1) is 29.1 Å². The molecule has 0 aliphatic heterocycles. The van der Waals surface area contributed by atoms with Crippen molar-refractivity contribution in [1.82, 2.24) is 0 Å². The summed E-state index contributed by atoms with van der Waals surface area (Å²) in [5.74, 6) is -1.30. The molecular weight excluding hydrogens is 316 g/mol. The van der Waals surface area contributed by atoms with Crippen LogP contribution >= 0.6 is 0 Å². The summed E-state index contributed by atoms with van der Waals surface area (Å²) in [6.07, 6.45) is 7.59. The lowest BCUT2D eigenvalue weighted by Gasteiger charge is -2.31. The molecule has 0 rings (SSSR count). The smallest absolute Gasteiger partial charge is 0.306 e. The Morgan fingerprint density at radius 1 is 0.960 bits per heavy atom. The molecule has 0 saturated heterocycles. The normalized spacial score (nSPS) is 16.9. The molecule has 0 aromatic rings. The van der Waals surface area contributed by atoms with Gasteiger partial charge in [-0.2, -0.15) is 0 Å². The van der Waals surface area contributed by atoms with Crippen molar-refractivity contribution >= 4 is 11.9 Å². The van der Waals surface area contributed by atoms with E-state index < -0.39 is 11.9 Å². The van der Waals surface area contributed by atoms with Crippen LogP contribution in [0.15, 0.2) is 0 Å². The molecule has 0 radical (unpaired) electrons. The maximum absolute atomic E-state index is 11.5. The zero-order valence-corrected chi connectivity index (χ0v) is 17.2. The third kappa shape index (κ3) is 10.5. The molecule has 0 bridgehead atoms. The van der Waals surface area contributed by atoms with E-state index >= 15 is 0 Å². The summed E-state index contributed by atoms with van der Waals surface area (Å²) in [7, 11) is 0. The van der Waals surface area contributed by atoms with Gasteiger partial charge in [-0.25, -0.2) is 0 Å². The van der Waals surface area contributed by atoms with Crippen LogP contribution in [0.4, 0.5) is 0 Å². The van der Waals surface area contributed by atoms with Gasteiger partial charge in [0.25, 0.3) is 0 Å². The average molecular weight is 357 g/mol.